The first-order valence-corrected chi connectivity index (χ1v) is 6.32. The first-order chi connectivity index (χ1) is 9.79. The number of anilines is 1. The number of halogens is 3. The van der Waals surface area contributed by atoms with Gasteiger partial charge in [-0.3, -0.25) is 4.79 Å². The maximum atomic E-state index is 12.7. The lowest BCUT2D eigenvalue weighted by Crippen LogP contribution is -2.23. The van der Waals surface area contributed by atoms with Gasteiger partial charge in [-0.2, -0.15) is 13.2 Å². The van der Waals surface area contributed by atoms with Crippen LogP contribution in [0.25, 0.3) is 0 Å². The number of para-hydroxylation sites is 1. The zero-order chi connectivity index (χ0) is 15.6. The molecule has 3 nitrogen and oxygen atoms in total. The van der Waals surface area contributed by atoms with Crippen molar-refractivity contribution in [3.63, 3.8) is 0 Å². The summed E-state index contributed by atoms with van der Waals surface area (Å²) in [5, 5.41) is 0. The fraction of sp³-hybridized carbons (Fsp3) is 0.267. The van der Waals surface area contributed by atoms with E-state index in [4.69, 9.17) is 0 Å². The molecule has 0 spiro atoms. The maximum Gasteiger partial charge on any atom is 0.417 e. The van der Waals surface area contributed by atoms with Crippen molar-refractivity contribution < 1.29 is 13.2 Å². The first kappa shape index (κ1) is 15.2. The van der Waals surface area contributed by atoms with E-state index < -0.39 is 17.3 Å². The number of alkyl halides is 3. The molecular formula is C15H15F3N2O. The number of aromatic nitrogens is 1. The SMILES string of the molecule is CN(C)c1ccccc1Cn1cc(C(F)(F)F)ccc1=O. The minimum atomic E-state index is -4.46. The highest BCUT2D eigenvalue weighted by Crippen LogP contribution is 2.28. The molecule has 1 aromatic carbocycles. The molecule has 6 heteroatoms. The molecule has 0 saturated carbocycles. The topological polar surface area (TPSA) is 25.2 Å². The van der Waals surface area contributed by atoms with Crippen LogP contribution in [0.5, 0.6) is 0 Å². The predicted molar refractivity (Wildman–Crippen MR) is 75.6 cm³/mol. The summed E-state index contributed by atoms with van der Waals surface area (Å²) in [4.78, 5) is 13.6. The molecule has 0 aliphatic carbocycles. The van der Waals surface area contributed by atoms with Crippen molar-refractivity contribution in [3.8, 4) is 0 Å². The van der Waals surface area contributed by atoms with E-state index in [2.05, 4.69) is 0 Å². The smallest absolute Gasteiger partial charge is 0.377 e. The molecular weight excluding hydrogens is 281 g/mol. The Kier molecular flexibility index (Phi) is 4.06. The van der Waals surface area contributed by atoms with Gasteiger partial charge in [-0.05, 0) is 17.7 Å². The zero-order valence-corrected chi connectivity index (χ0v) is 11.7. The lowest BCUT2D eigenvalue weighted by Gasteiger charge is -2.18. The fourth-order valence-corrected chi connectivity index (χ4v) is 2.09. The Morgan fingerprint density at radius 1 is 1.10 bits per heavy atom. The predicted octanol–water partition coefficient (Wildman–Crippen LogP) is 2.98. The summed E-state index contributed by atoms with van der Waals surface area (Å²) in [6.07, 6.45) is -3.61. The standard InChI is InChI=1S/C15H15F3N2O/c1-19(2)13-6-4-3-5-11(13)9-20-10-12(15(16,17)18)7-8-14(20)21/h3-8,10H,9H2,1-2H3. The normalized spacial score (nSPS) is 11.5. The molecule has 21 heavy (non-hydrogen) atoms. The van der Waals surface area contributed by atoms with Gasteiger partial charge in [0.15, 0.2) is 0 Å². The summed E-state index contributed by atoms with van der Waals surface area (Å²) in [5.41, 5.74) is 0.353. The van der Waals surface area contributed by atoms with Crippen LogP contribution in [-0.2, 0) is 12.7 Å². The van der Waals surface area contributed by atoms with Gasteiger partial charge < -0.3 is 9.47 Å². The van der Waals surface area contributed by atoms with Gasteiger partial charge in [0, 0.05) is 32.0 Å². The maximum absolute atomic E-state index is 12.7. The Morgan fingerprint density at radius 3 is 2.38 bits per heavy atom. The van der Waals surface area contributed by atoms with Crippen molar-refractivity contribution in [3.05, 3.63) is 64.1 Å². The second-order valence-corrected chi connectivity index (χ2v) is 4.90. The summed E-state index contributed by atoms with van der Waals surface area (Å²) in [6, 6.07) is 9.03. The summed E-state index contributed by atoms with van der Waals surface area (Å²) in [5.74, 6) is 0. The molecule has 0 bridgehead atoms. The average Bonchev–Trinajstić information content (AvgIpc) is 2.40. The lowest BCUT2D eigenvalue weighted by atomic mass is 10.1. The Balaban J connectivity index is 2.43. The van der Waals surface area contributed by atoms with Crippen LogP contribution in [-0.4, -0.2) is 18.7 Å². The molecule has 0 fully saturated rings. The summed E-state index contributed by atoms with van der Waals surface area (Å²) < 4.78 is 39.2. The molecule has 1 heterocycles. The Labute approximate surface area is 120 Å². The quantitative estimate of drug-likeness (QED) is 0.870. The van der Waals surface area contributed by atoms with Crippen molar-refractivity contribution in [2.75, 3.05) is 19.0 Å². The van der Waals surface area contributed by atoms with Gasteiger partial charge in [0.2, 0.25) is 0 Å². The minimum Gasteiger partial charge on any atom is -0.377 e. The number of nitrogens with zero attached hydrogens (tertiary/aromatic N) is 2. The molecule has 1 aromatic heterocycles. The number of hydrogen-bond acceptors (Lipinski definition) is 2. The monoisotopic (exact) mass is 296 g/mol. The molecule has 0 saturated heterocycles. The second kappa shape index (κ2) is 5.63. The summed E-state index contributed by atoms with van der Waals surface area (Å²) in [7, 11) is 3.68. The number of benzene rings is 1. The lowest BCUT2D eigenvalue weighted by molar-refractivity contribution is -0.138. The van der Waals surface area contributed by atoms with Crippen LogP contribution in [0, 0.1) is 0 Å². The van der Waals surface area contributed by atoms with Gasteiger partial charge in [-0.25, -0.2) is 0 Å². The molecule has 0 aliphatic heterocycles. The highest BCUT2D eigenvalue weighted by Gasteiger charge is 2.31. The van der Waals surface area contributed by atoms with E-state index in [1.165, 1.54) is 0 Å². The third-order valence-electron chi connectivity index (χ3n) is 3.12. The Hall–Kier alpha value is -2.24. The van der Waals surface area contributed by atoms with E-state index in [-0.39, 0.29) is 6.54 Å². The molecule has 0 radical (unpaired) electrons. The van der Waals surface area contributed by atoms with Gasteiger partial charge in [0.25, 0.3) is 5.56 Å². The van der Waals surface area contributed by atoms with Crippen molar-refractivity contribution in [2.24, 2.45) is 0 Å². The highest BCUT2D eigenvalue weighted by atomic mass is 19.4. The van der Waals surface area contributed by atoms with E-state index >= 15 is 0 Å². The van der Waals surface area contributed by atoms with E-state index in [9.17, 15) is 18.0 Å². The van der Waals surface area contributed by atoms with Crippen LogP contribution in [0.3, 0.4) is 0 Å². The fourth-order valence-electron chi connectivity index (χ4n) is 2.09. The van der Waals surface area contributed by atoms with Crippen LogP contribution in [0.1, 0.15) is 11.1 Å². The molecule has 0 amide bonds. The van der Waals surface area contributed by atoms with Gasteiger partial charge >= 0.3 is 6.18 Å². The van der Waals surface area contributed by atoms with Crippen molar-refractivity contribution in [2.45, 2.75) is 12.7 Å². The van der Waals surface area contributed by atoms with E-state index in [0.717, 1.165) is 34.1 Å². The van der Waals surface area contributed by atoms with Gasteiger partial charge in [0.1, 0.15) is 0 Å². The number of rotatable bonds is 3. The summed E-state index contributed by atoms with van der Waals surface area (Å²) in [6.45, 7) is 0.0944. The van der Waals surface area contributed by atoms with Gasteiger partial charge in [-0.1, -0.05) is 18.2 Å². The van der Waals surface area contributed by atoms with Gasteiger partial charge in [0.05, 0.1) is 12.1 Å². The summed E-state index contributed by atoms with van der Waals surface area (Å²) >= 11 is 0. The molecule has 0 N–H and O–H groups in total. The Bertz CT molecular complexity index is 690. The van der Waals surface area contributed by atoms with Crippen LogP contribution in [0.4, 0.5) is 18.9 Å². The van der Waals surface area contributed by atoms with Crippen molar-refractivity contribution >= 4 is 5.69 Å². The van der Waals surface area contributed by atoms with Crippen molar-refractivity contribution in [1.29, 1.82) is 0 Å². The second-order valence-electron chi connectivity index (χ2n) is 4.90. The van der Waals surface area contributed by atoms with E-state index in [1.54, 1.807) is 12.1 Å². The minimum absolute atomic E-state index is 0.0944. The largest absolute Gasteiger partial charge is 0.417 e. The van der Waals surface area contributed by atoms with Crippen LogP contribution < -0.4 is 10.5 Å². The molecule has 2 aromatic rings. The molecule has 0 atom stereocenters. The first-order valence-electron chi connectivity index (χ1n) is 6.32. The van der Waals surface area contributed by atoms with Crippen LogP contribution in [0.15, 0.2) is 47.4 Å². The third kappa shape index (κ3) is 3.45. The molecule has 0 aliphatic rings. The third-order valence-corrected chi connectivity index (χ3v) is 3.12. The average molecular weight is 296 g/mol. The number of hydrogen-bond donors (Lipinski definition) is 0. The zero-order valence-electron chi connectivity index (χ0n) is 11.7. The van der Waals surface area contributed by atoms with E-state index in [1.807, 2.05) is 31.1 Å². The van der Waals surface area contributed by atoms with Crippen LogP contribution >= 0.6 is 0 Å². The molecule has 112 valence electrons. The Morgan fingerprint density at radius 2 is 1.76 bits per heavy atom. The molecule has 2 rings (SSSR count). The van der Waals surface area contributed by atoms with Gasteiger partial charge in [-0.15, -0.1) is 0 Å². The van der Waals surface area contributed by atoms with Crippen molar-refractivity contribution in [1.82, 2.24) is 4.57 Å². The van der Waals surface area contributed by atoms with E-state index in [0.29, 0.717) is 0 Å². The number of pyridine rings is 1. The highest BCUT2D eigenvalue weighted by molar-refractivity contribution is 5.52. The van der Waals surface area contributed by atoms with Crippen LogP contribution in [0.2, 0.25) is 0 Å². The molecule has 0 unspecified atom stereocenters.